The minimum atomic E-state index is -0.433. The highest BCUT2D eigenvalue weighted by atomic mass is 16.6. The van der Waals surface area contributed by atoms with Crippen LogP contribution in [0.2, 0.25) is 0 Å². The molecule has 1 aromatic heterocycles. The number of hydrazone groups is 1. The Morgan fingerprint density at radius 1 is 1.06 bits per heavy atom. The number of hydrogen-bond acceptors (Lipinski definition) is 9. The first-order chi connectivity index (χ1) is 16.4. The van der Waals surface area contributed by atoms with Gasteiger partial charge in [0.25, 0.3) is 5.69 Å². The zero-order chi connectivity index (χ0) is 24.1. The van der Waals surface area contributed by atoms with E-state index >= 15 is 0 Å². The molecule has 1 aliphatic rings. The van der Waals surface area contributed by atoms with Gasteiger partial charge in [0.2, 0.25) is 17.8 Å². The summed E-state index contributed by atoms with van der Waals surface area (Å²) in [6, 6.07) is 12.2. The average molecular weight is 461 g/mol. The number of hydrogen-bond donors (Lipinski definition) is 2. The van der Waals surface area contributed by atoms with Crippen LogP contribution in [0, 0.1) is 29.9 Å². The van der Waals surface area contributed by atoms with Crippen molar-refractivity contribution in [3.05, 3.63) is 69.3 Å². The quantitative estimate of drug-likeness (QED) is 0.292. The van der Waals surface area contributed by atoms with Crippen molar-refractivity contribution in [2.75, 3.05) is 28.7 Å². The Bertz CT molecular complexity index is 1190. The zero-order valence-corrected chi connectivity index (χ0v) is 19.5. The van der Waals surface area contributed by atoms with E-state index < -0.39 is 4.92 Å². The number of nitro groups is 1. The van der Waals surface area contributed by atoms with Gasteiger partial charge in [-0.2, -0.15) is 20.1 Å². The average Bonchev–Trinajstić information content (AvgIpc) is 2.83. The molecule has 1 saturated heterocycles. The fraction of sp³-hybridized carbons (Fsp3) is 0.333. The van der Waals surface area contributed by atoms with Crippen molar-refractivity contribution < 1.29 is 4.92 Å². The number of aryl methyl sites for hydroxylation is 1. The molecular weight excluding hydrogens is 432 g/mol. The Labute approximate surface area is 198 Å². The van der Waals surface area contributed by atoms with Crippen LogP contribution < -0.4 is 15.6 Å². The van der Waals surface area contributed by atoms with E-state index in [1.54, 1.807) is 18.3 Å². The normalized spacial score (nSPS) is 14.4. The summed E-state index contributed by atoms with van der Waals surface area (Å²) < 4.78 is 0. The molecule has 10 nitrogen and oxygen atoms in total. The van der Waals surface area contributed by atoms with E-state index in [-0.39, 0.29) is 5.69 Å². The highest BCUT2D eigenvalue weighted by molar-refractivity contribution is 5.80. The van der Waals surface area contributed by atoms with Gasteiger partial charge in [0.1, 0.15) is 0 Å². The van der Waals surface area contributed by atoms with Gasteiger partial charge in [-0.3, -0.25) is 10.1 Å². The maximum Gasteiger partial charge on any atom is 0.269 e. The van der Waals surface area contributed by atoms with Gasteiger partial charge in [-0.25, -0.2) is 5.43 Å². The Hall–Kier alpha value is -4.08. The van der Waals surface area contributed by atoms with E-state index in [1.807, 2.05) is 12.1 Å². The van der Waals surface area contributed by atoms with Gasteiger partial charge in [0.15, 0.2) is 0 Å². The lowest BCUT2D eigenvalue weighted by molar-refractivity contribution is -0.384. The molecule has 3 aromatic rings. The number of nitro benzene ring substituents is 1. The maximum atomic E-state index is 10.8. The van der Waals surface area contributed by atoms with Crippen molar-refractivity contribution in [2.24, 2.45) is 11.0 Å². The molecule has 0 spiro atoms. The molecule has 0 atom stereocenters. The Morgan fingerprint density at radius 3 is 2.47 bits per heavy atom. The predicted molar refractivity (Wildman–Crippen MR) is 134 cm³/mol. The number of nitrogens with zero attached hydrogens (tertiary/aromatic N) is 6. The second-order valence-electron chi connectivity index (χ2n) is 8.54. The second kappa shape index (κ2) is 10.2. The number of aromatic nitrogens is 3. The summed E-state index contributed by atoms with van der Waals surface area (Å²) in [5.74, 6) is 2.04. The molecule has 0 unspecified atom stereocenters. The molecule has 1 aliphatic heterocycles. The Morgan fingerprint density at radius 2 is 1.76 bits per heavy atom. The fourth-order valence-electron chi connectivity index (χ4n) is 3.67. The smallest absolute Gasteiger partial charge is 0.269 e. The number of piperidine rings is 1. The van der Waals surface area contributed by atoms with Gasteiger partial charge in [0.05, 0.1) is 11.1 Å². The van der Waals surface area contributed by atoms with E-state index in [1.165, 1.54) is 17.7 Å². The molecule has 4 rings (SSSR count). The van der Waals surface area contributed by atoms with Gasteiger partial charge < -0.3 is 10.2 Å². The van der Waals surface area contributed by atoms with Crippen LogP contribution in [0.3, 0.4) is 0 Å². The van der Waals surface area contributed by atoms with Gasteiger partial charge >= 0.3 is 0 Å². The molecule has 0 bridgehead atoms. The molecule has 0 amide bonds. The largest absolute Gasteiger partial charge is 0.341 e. The van der Waals surface area contributed by atoms with Crippen LogP contribution in [0.4, 0.5) is 29.2 Å². The third-order valence-electron chi connectivity index (χ3n) is 6.02. The van der Waals surface area contributed by atoms with Gasteiger partial charge in [-0.1, -0.05) is 19.1 Å². The number of rotatable bonds is 7. The van der Waals surface area contributed by atoms with Crippen LogP contribution in [0.15, 0.2) is 47.6 Å². The Kier molecular flexibility index (Phi) is 6.95. The molecule has 0 saturated carbocycles. The van der Waals surface area contributed by atoms with Crippen LogP contribution in [-0.4, -0.2) is 39.2 Å². The van der Waals surface area contributed by atoms with Gasteiger partial charge in [-0.05, 0) is 67.5 Å². The highest BCUT2D eigenvalue weighted by Crippen LogP contribution is 2.25. The fourth-order valence-corrected chi connectivity index (χ4v) is 3.67. The summed E-state index contributed by atoms with van der Waals surface area (Å²) >= 11 is 0. The van der Waals surface area contributed by atoms with Crippen LogP contribution in [0.1, 0.15) is 36.5 Å². The predicted octanol–water partition coefficient (Wildman–Crippen LogP) is 4.82. The van der Waals surface area contributed by atoms with Gasteiger partial charge in [0, 0.05) is 30.9 Å². The van der Waals surface area contributed by atoms with Crippen LogP contribution in [-0.2, 0) is 0 Å². The molecule has 1 fully saturated rings. The number of nitrogens with one attached hydrogen (secondary N) is 2. The van der Waals surface area contributed by atoms with Crippen molar-refractivity contribution in [3.63, 3.8) is 0 Å². The minimum Gasteiger partial charge on any atom is -0.341 e. The molecule has 2 heterocycles. The maximum absolute atomic E-state index is 10.8. The van der Waals surface area contributed by atoms with Gasteiger partial charge in [-0.15, -0.1) is 0 Å². The molecule has 2 aromatic carbocycles. The topological polar surface area (TPSA) is 121 Å². The summed E-state index contributed by atoms with van der Waals surface area (Å²) in [5.41, 5.74) is 6.86. The van der Waals surface area contributed by atoms with Crippen LogP contribution in [0.5, 0.6) is 0 Å². The van der Waals surface area contributed by atoms with Crippen molar-refractivity contribution in [2.45, 2.75) is 33.6 Å². The summed E-state index contributed by atoms with van der Waals surface area (Å²) in [7, 11) is 0. The highest BCUT2D eigenvalue weighted by Gasteiger charge is 2.20. The molecular formula is C24H28N8O2. The van der Waals surface area contributed by atoms with E-state index in [0.29, 0.717) is 29.3 Å². The molecule has 0 radical (unpaired) electrons. The van der Waals surface area contributed by atoms with E-state index in [4.69, 9.17) is 0 Å². The minimum absolute atomic E-state index is 0.0326. The molecule has 0 aliphatic carbocycles. The first kappa shape index (κ1) is 23.1. The van der Waals surface area contributed by atoms with Crippen LogP contribution in [0.25, 0.3) is 0 Å². The first-order valence-corrected chi connectivity index (χ1v) is 11.3. The Balaban J connectivity index is 1.57. The van der Waals surface area contributed by atoms with Crippen molar-refractivity contribution in [3.8, 4) is 0 Å². The molecule has 2 N–H and O–H groups in total. The summed E-state index contributed by atoms with van der Waals surface area (Å²) in [4.78, 5) is 26.3. The zero-order valence-electron chi connectivity index (χ0n) is 19.5. The summed E-state index contributed by atoms with van der Waals surface area (Å²) in [6.07, 6.45) is 3.74. The van der Waals surface area contributed by atoms with Crippen LogP contribution >= 0.6 is 0 Å². The standard InChI is InChI=1S/C24H28N8O2/c1-16-11-13-31(14-12-16)24-28-22(26-21-6-4-5-17(2)18(21)3)27-23(29-24)30-25-15-19-7-9-20(10-8-19)32(33)34/h4-10,15-16H,11-14H2,1-3H3,(H2,26,27,28,29,30)/b25-15+. The van der Waals surface area contributed by atoms with Crippen molar-refractivity contribution >= 4 is 35.4 Å². The number of non-ortho nitro benzene ring substituents is 1. The molecule has 10 heteroatoms. The lowest BCUT2D eigenvalue weighted by atomic mass is 10.00. The van der Waals surface area contributed by atoms with E-state index in [9.17, 15) is 10.1 Å². The lowest BCUT2D eigenvalue weighted by Crippen LogP contribution is -2.34. The van der Waals surface area contributed by atoms with E-state index in [0.717, 1.165) is 37.2 Å². The third-order valence-corrected chi connectivity index (χ3v) is 6.02. The lowest BCUT2D eigenvalue weighted by Gasteiger charge is -2.30. The number of anilines is 4. The summed E-state index contributed by atoms with van der Waals surface area (Å²) in [5, 5.41) is 18.4. The monoisotopic (exact) mass is 460 g/mol. The third kappa shape index (κ3) is 5.64. The van der Waals surface area contributed by atoms with E-state index in [2.05, 4.69) is 62.5 Å². The second-order valence-corrected chi connectivity index (χ2v) is 8.54. The van der Waals surface area contributed by atoms with Crippen molar-refractivity contribution in [1.29, 1.82) is 0 Å². The SMILES string of the molecule is Cc1cccc(Nc2nc(N/N=C/c3ccc([N+](=O)[O-])cc3)nc(N3CCC(C)CC3)n2)c1C. The molecule has 176 valence electrons. The first-order valence-electron chi connectivity index (χ1n) is 11.3. The van der Waals surface area contributed by atoms with Crippen molar-refractivity contribution in [1.82, 2.24) is 15.0 Å². The number of benzene rings is 2. The molecule has 34 heavy (non-hydrogen) atoms. The summed E-state index contributed by atoms with van der Waals surface area (Å²) in [6.45, 7) is 8.16.